The molecule has 2 aliphatic carbocycles. The summed E-state index contributed by atoms with van der Waals surface area (Å²) in [6.45, 7) is 6.28. The van der Waals surface area contributed by atoms with Crippen LogP contribution < -0.4 is 20.1 Å². The van der Waals surface area contributed by atoms with Gasteiger partial charge >= 0.3 is 5.97 Å². The lowest BCUT2D eigenvalue weighted by Gasteiger charge is -2.38. The first-order valence-electron chi connectivity index (χ1n) is 13.4. The summed E-state index contributed by atoms with van der Waals surface area (Å²) in [5.74, 6) is -2.48. The molecule has 0 spiro atoms. The molecule has 0 aromatic heterocycles. The fourth-order valence-corrected chi connectivity index (χ4v) is 5.20. The normalized spacial score (nSPS) is 21.8. The molecule has 3 N–H and O–H groups in total. The van der Waals surface area contributed by atoms with Crippen LogP contribution in [-0.2, 0) is 4.79 Å². The van der Waals surface area contributed by atoms with Gasteiger partial charge in [-0.05, 0) is 76.0 Å². The van der Waals surface area contributed by atoms with E-state index in [1.165, 1.54) is 13.2 Å². The molecule has 0 radical (unpaired) electrons. The molecule has 8 nitrogen and oxygen atoms in total. The number of nitrogens with one attached hydrogen (secondary N) is 2. The van der Waals surface area contributed by atoms with Crippen molar-refractivity contribution in [1.82, 2.24) is 5.32 Å². The van der Waals surface area contributed by atoms with Crippen LogP contribution in [0.5, 0.6) is 11.5 Å². The van der Waals surface area contributed by atoms with Gasteiger partial charge in [0.15, 0.2) is 11.6 Å². The molecule has 2 aromatic carbocycles. The SMILES string of the molecule is COc1cc(F)c(O[C@H]2CC[C@@](C)(C(=O)O)CC2)cc1C(=O)Nc1ccc(C)cc1C(=O)NCC1(C)CCC1. The Balaban J connectivity index is 1.51. The van der Waals surface area contributed by atoms with Crippen molar-refractivity contribution in [2.75, 3.05) is 19.0 Å². The number of rotatable bonds is 9. The highest BCUT2D eigenvalue weighted by molar-refractivity contribution is 6.10. The van der Waals surface area contributed by atoms with Gasteiger partial charge in [-0.25, -0.2) is 4.39 Å². The molecule has 2 saturated carbocycles. The van der Waals surface area contributed by atoms with Crippen molar-refractivity contribution in [2.24, 2.45) is 10.8 Å². The maximum Gasteiger partial charge on any atom is 0.309 e. The number of halogens is 1. The number of ether oxygens (including phenoxy) is 2. The van der Waals surface area contributed by atoms with Gasteiger partial charge in [0, 0.05) is 12.6 Å². The van der Waals surface area contributed by atoms with Gasteiger partial charge in [0.05, 0.1) is 35.4 Å². The van der Waals surface area contributed by atoms with Gasteiger partial charge in [-0.15, -0.1) is 0 Å². The number of carboxylic acids is 1. The van der Waals surface area contributed by atoms with E-state index in [0.29, 0.717) is 43.5 Å². The van der Waals surface area contributed by atoms with Crippen LogP contribution >= 0.6 is 0 Å². The maximum atomic E-state index is 14.9. The van der Waals surface area contributed by atoms with Gasteiger partial charge in [-0.1, -0.05) is 25.0 Å². The van der Waals surface area contributed by atoms with Crippen LogP contribution in [0.1, 0.15) is 85.1 Å². The largest absolute Gasteiger partial charge is 0.496 e. The van der Waals surface area contributed by atoms with Crippen LogP contribution in [0.15, 0.2) is 30.3 Å². The molecule has 2 aromatic rings. The zero-order valence-corrected chi connectivity index (χ0v) is 23.0. The number of hydrogen-bond acceptors (Lipinski definition) is 5. The maximum absolute atomic E-state index is 14.9. The van der Waals surface area contributed by atoms with Crippen molar-refractivity contribution < 1.29 is 33.4 Å². The monoisotopic (exact) mass is 540 g/mol. The summed E-state index contributed by atoms with van der Waals surface area (Å²) in [5.41, 5.74) is 0.870. The number of benzene rings is 2. The lowest BCUT2D eigenvalue weighted by atomic mass is 9.70. The quantitative estimate of drug-likeness (QED) is 0.375. The number of amides is 2. The standard InChI is InChI=1S/C30H37FN2O6/c1-18-6-7-23(20(14-18)26(34)32-17-29(2)10-5-11-29)33-27(35)21-15-25(22(31)16-24(21)38-4)39-19-8-12-30(3,13-9-19)28(36)37/h6-7,14-16,19H,5,8-13,17H2,1-4H3,(H,32,34)(H,33,35)(H,36,37)/t19-,30+. The number of carbonyl (C=O) groups is 3. The fraction of sp³-hybridized carbons (Fsp3) is 0.500. The summed E-state index contributed by atoms with van der Waals surface area (Å²) >= 11 is 0. The molecule has 0 saturated heterocycles. The van der Waals surface area contributed by atoms with Gasteiger partial charge < -0.3 is 25.2 Å². The van der Waals surface area contributed by atoms with Crippen LogP contribution in [0.2, 0.25) is 0 Å². The number of aryl methyl sites for hydroxylation is 1. The molecule has 0 heterocycles. The van der Waals surface area contributed by atoms with Crippen LogP contribution in [0.25, 0.3) is 0 Å². The van der Waals surface area contributed by atoms with E-state index < -0.39 is 23.1 Å². The molecule has 0 unspecified atom stereocenters. The fourth-order valence-electron chi connectivity index (χ4n) is 5.20. The van der Waals surface area contributed by atoms with Crippen LogP contribution in [0.4, 0.5) is 10.1 Å². The predicted molar refractivity (Wildman–Crippen MR) is 145 cm³/mol. The van der Waals surface area contributed by atoms with Crippen molar-refractivity contribution in [3.05, 3.63) is 52.8 Å². The van der Waals surface area contributed by atoms with Gasteiger partial charge in [0.25, 0.3) is 11.8 Å². The minimum atomic E-state index is -0.850. The molecule has 4 rings (SSSR count). The Morgan fingerprint density at radius 2 is 1.69 bits per heavy atom. The van der Waals surface area contributed by atoms with Crippen molar-refractivity contribution in [3.63, 3.8) is 0 Å². The highest BCUT2D eigenvalue weighted by Gasteiger charge is 2.38. The van der Waals surface area contributed by atoms with Gasteiger partial charge in [-0.2, -0.15) is 0 Å². The van der Waals surface area contributed by atoms with Crippen molar-refractivity contribution in [3.8, 4) is 11.5 Å². The molecule has 0 aliphatic heterocycles. The summed E-state index contributed by atoms with van der Waals surface area (Å²) in [7, 11) is 1.34. The molecule has 2 aliphatic rings. The van der Waals surface area contributed by atoms with Gasteiger partial charge in [0.2, 0.25) is 0 Å². The Morgan fingerprint density at radius 1 is 1.00 bits per heavy atom. The number of methoxy groups -OCH3 is 1. The molecular formula is C30H37FN2O6. The third-order valence-electron chi connectivity index (χ3n) is 8.25. The smallest absolute Gasteiger partial charge is 0.309 e. The third-order valence-corrected chi connectivity index (χ3v) is 8.25. The average Bonchev–Trinajstić information content (AvgIpc) is 2.89. The molecule has 2 amide bonds. The molecule has 2 fully saturated rings. The Morgan fingerprint density at radius 3 is 2.28 bits per heavy atom. The second-order valence-corrected chi connectivity index (χ2v) is 11.5. The summed E-state index contributed by atoms with van der Waals surface area (Å²) in [6.07, 6.45) is 4.66. The molecule has 210 valence electrons. The first kappa shape index (κ1) is 28.4. The number of carboxylic acid groups (broad SMARTS) is 1. The molecular weight excluding hydrogens is 503 g/mol. The lowest BCUT2D eigenvalue weighted by molar-refractivity contribution is -0.150. The van der Waals surface area contributed by atoms with E-state index in [1.54, 1.807) is 25.1 Å². The summed E-state index contributed by atoms with van der Waals surface area (Å²) in [5, 5.41) is 15.2. The highest BCUT2D eigenvalue weighted by Crippen LogP contribution is 2.40. The molecule has 0 bridgehead atoms. The van der Waals surface area contributed by atoms with Crippen LogP contribution in [0, 0.1) is 23.6 Å². The number of carbonyl (C=O) groups excluding carboxylic acids is 2. The van der Waals surface area contributed by atoms with Crippen molar-refractivity contribution >= 4 is 23.5 Å². The highest BCUT2D eigenvalue weighted by atomic mass is 19.1. The van der Waals surface area contributed by atoms with Crippen molar-refractivity contribution in [1.29, 1.82) is 0 Å². The second kappa shape index (κ2) is 11.2. The third kappa shape index (κ3) is 6.34. The van der Waals surface area contributed by atoms with Gasteiger partial charge in [0.1, 0.15) is 5.75 Å². The van der Waals surface area contributed by atoms with E-state index in [9.17, 15) is 23.9 Å². The Hall–Kier alpha value is -3.62. The van der Waals surface area contributed by atoms with E-state index >= 15 is 0 Å². The minimum absolute atomic E-state index is 0.0236. The van der Waals surface area contributed by atoms with E-state index in [1.807, 2.05) is 6.92 Å². The molecule has 39 heavy (non-hydrogen) atoms. The zero-order chi connectivity index (χ0) is 28.4. The Labute approximate surface area is 228 Å². The van der Waals surface area contributed by atoms with E-state index in [-0.39, 0.29) is 34.5 Å². The molecule has 9 heteroatoms. The summed E-state index contributed by atoms with van der Waals surface area (Å²) in [4.78, 5) is 38.0. The van der Waals surface area contributed by atoms with Crippen molar-refractivity contribution in [2.45, 2.75) is 71.8 Å². The topological polar surface area (TPSA) is 114 Å². The number of anilines is 1. The summed E-state index contributed by atoms with van der Waals surface area (Å²) in [6, 6.07) is 7.57. The van der Waals surface area contributed by atoms with E-state index in [4.69, 9.17) is 9.47 Å². The summed E-state index contributed by atoms with van der Waals surface area (Å²) < 4.78 is 26.1. The predicted octanol–water partition coefficient (Wildman–Crippen LogP) is 5.73. The van der Waals surface area contributed by atoms with Crippen LogP contribution in [0.3, 0.4) is 0 Å². The van der Waals surface area contributed by atoms with E-state index in [2.05, 4.69) is 17.6 Å². The van der Waals surface area contributed by atoms with Crippen LogP contribution in [-0.4, -0.2) is 42.6 Å². The average molecular weight is 541 g/mol. The molecule has 0 atom stereocenters. The zero-order valence-electron chi connectivity index (χ0n) is 23.0. The lowest BCUT2D eigenvalue weighted by Crippen LogP contribution is -2.40. The van der Waals surface area contributed by atoms with E-state index in [0.717, 1.165) is 30.9 Å². The van der Waals surface area contributed by atoms with Gasteiger partial charge in [-0.3, -0.25) is 14.4 Å². The second-order valence-electron chi connectivity index (χ2n) is 11.5. The minimum Gasteiger partial charge on any atom is -0.496 e. The first-order valence-corrected chi connectivity index (χ1v) is 13.4. The number of aliphatic carboxylic acids is 1. The Kier molecular flexibility index (Phi) is 8.18. The number of hydrogen-bond donors (Lipinski definition) is 3. The first-order chi connectivity index (χ1) is 18.4. The Bertz CT molecular complexity index is 1260.